The fraction of sp³-hybridized carbons (Fsp3) is 0.105. The number of aromatic hydroxyl groups is 1. The zero-order valence-electron chi connectivity index (χ0n) is 15.0. The third-order valence-electron chi connectivity index (χ3n) is 3.84. The zero-order chi connectivity index (χ0) is 20.3. The third kappa shape index (κ3) is 4.10. The van der Waals surface area contributed by atoms with E-state index in [1.807, 2.05) is 0 Å². The van der Waals surface area contributed by atoms with Gasteiger partial charge in [0.15, 0.2) is 15.8 Å². The number of carbonyl (C=O) groups excluding carboxylic acids is 2. The van der Waals surface area contributed by atoms with Crippen LogP contribution in [0.1, 0.15) is 15.9 Å². The molecule has 1 fully saturated rings. The summed E-state index contributed by atoms with van der Waals surface area (Å²) in [5.74, 6) is 0.210. The number of carbonyl (C=O) groups is 2. The van der Waals surface area contributed by atoms with Gasteiger partial charge in [0, 0.05) is 5.56 Å². The Hall–Kier alpha value is -3.04. The minimum Gasteiger partial charge on any atom is -0.508 e. The number of thioether (sulfide) groups is 1. The van der Waals surface area contributed by atoms with E-state index in [2.05, 4.69) is 5.43 Å². The molecule has 3 rings (SSSR count). The number of hydrogen-bond acceptors (Lipinski definition) is 7. The smallest absolute Gasteiger partial charge is 0.285 e. The van der Waals surface area contributed by atoms with Gasteiger partial charge in [-0.25, -0.2) is 0 Å². The van der Waals surface area contributed by atoms with Crippen LogP contribution in [0.2, 0.25) is 0 Å². The van der Waals surface area contributed by atoms with E-state index in [0.717, 1.165) is 22.3 Å². The van der Waals surface area contributed by atoms with E-state index in [-0.39, 0.29) is 15.6 Å². The summed E-state index contributed by atoms with van der Waals surface area (Å²) < 4.78 is 10.7. The second-order valence-corrected chi connectivity index (χ2v) is 7.30. The van der Waals surface area contributed by atoms with Gasteiger partial charge in [0.1, 0.15) is 5.75 Å². The lowest BCUT2D eigenvalue weighted by Crippen LogP contribution is -2.44. The van der Waals surface area contributed by atoms with Crippen LogP contribution in [-0.4, -0.2) is 40.5 Å². The summed E-state index contributed by atoms with van der Waals surface area (Å²) in [5, 5.41) is 10.3. The predicted molar refractivity (Wildman–Crippen MR) is 110 cm³/mol. The Bertz CT molecular complexity index is 973. The van der Waals surface area contributed by atoms with E-state index < -0.39 is 11.8 Å². The quantitative estimate of drug-likeness (QED) is 0.572. The van der Waals surface area contributed by atoms with Crippen LogP contribution in [0.5, 0.6) is 17.2 Å². The van der Waals surface area contributed by atoms with Crippen molar-refractivity contribution in [1.29, 1.82) is 0 Å². The van der Waals surface area contributed by atoms with Crippen molar-refractivity contribution in [1.82, 2.24) is 10.4 Å². The first-order chi connectivity index (χ1) is 13.4. The maximum Gasteiger partial charge on any atom is 0.285 e. The van der Waals surface area contributed by atoms with Crippen molar-refractivity contribution < 1.29 is 24.2 Å². The van der Waals surface area contributed by atoms with Crippen LogP contribution in [0.25, 0.3) is 6.08 Å². The van der Waals surface area contributed by atoms with Crippen LogP contribution in [0.15, 0.2) is 47.4 Å². The molecule has 7 nitrogen and oxygen atoms in total. The first-order valence-electron chi connectivity index (χ1n) is 8.03. The molecule has 2 N–H and O–H groups in total. The Morgan fingerprint density at radius 2 is 1.82 bits per heavy atom. The molecule has 1 heterocycles. The Morgan fingerprint density at radius 3 is 2.46 bits per heavy atom. The van der Waals surface area contributed by atoms with E-state index in [0.29, 0.717) is 16.4 Å². The first kappa shape index (κ1) is 19.7. The highest BCUT2D eigenvalue weighted by atomic mass is 32.2. The average molecular weight is 416 g/mol. The van der Waals surface area contributed by atoms with Gasteiger partial charge in [0.25, 0.3) is 11.8 Å². The van der Waals surface area contributed by atoms with E-state index in [4.69, 9.17) is 21.7 Å². The number of thiocarbonyl (C=S) groups is 1. The van der Waals surface area contributed by atoms with Gasteiger partial charge in [-0.2, -0.15) is 5.01 Å². The van der Waals surface area contributed by atoms with E-state index >= 15 is 0 Å². The van der Waals surface area contributed by atoms with E-state index in [1.54, 1.807) is 31.4 Å². The third-order valence-corrected chi connectivity index (χ3v) is 5.14. The molecule has 2 aromatic carbocycles. The molecule has 0 aliphatic carbocycles. The summed E-state index contributed by atoms with van der Waals surface area (Å²) in [6.45, 7) is 0. The summed E-state index contributed by atoms with van der Waals surface area (Å²) in [7, 11) is 3.07. The molecular formula is C19H16N2O5S2. The molecule has 9 heteroatoms. The molecule has 1 aliphatic heterocycles. The van der Waals surface area contributed by atoms with Crippen molar-refractivity contribution in [3.8, 4) is 17.2 Å². The molecule has 28 heavy (non-hydrogen) atoms. The van der Waals surface area contributed by atoms with Gasteiger partial charge >= 0.3 is 0 Å². The minimum absolute atomic E-state index is 0.0417. The largest absolute Gasteiger partial charge is 0.508 e. The molecule has 144 valence electrons. The van der Waals surface area contributed by atoms with Crippen LogP contribution in [0.4, 0.5) is 0 Å². The summed E-state index contributed by atoms with van der Waals surface area (Å²) >= 11 is 6.30. The highest BCUT2D eigenvalue weighted by Gasteiger charge is 2.33. The van der Waals surface area contributed by atoms with Crippen molar-refractivity contribution in [2.24, 2.45) is 0 Å². The minimum atomic E-state index is -0.510. The number of phenols is 1. The molecule has 0 aromatic heterocycles. The highest BCUT2D eigenvalue weighted by molar-refractivity contribution is 8.26. The van der Waals surface area contributed by atoms with Crippen LogP contribution in [-0.2, 0) is 4.79 Å². The van der Waals surface area contributed by atoms with Crippen molar-refractivity contribution >= 4 is 46.2 Å². The number of rotatable bonds is 5. The average Bonchev–Trinajstić information content (AvgIpc) is 2.95. The van der Waals surface area contributed by atoms with Crippen LogP contribution >= 0.6 is 24.0 Å². The molecule has 0 saturated carbocycles. The number of amides is 2. The zero-order valence-corrected chi connectivity index (χ0v) is 16.6. The molecule has 0 radical (unpaired) electrons. The summed E-state index contributed by atoms with van der Waals surface area (Å²) in [4.78, 5) is 25.3. The first-order valence-corrected chi connectivity index (χ1v) is 9.25. The van der Waals surface area contributed by atoms with E-state index in [1.165, 1.54) is 31.4 Å². The van der Waals surface area contributed by atoms with Gasteiger partial charge in [-0.1, -0.05) is 17.8 Å². The second-order valence-electron chi connectivity index (χ2n) is 5.62. The maximum absolute atomic E-state index is 12.7. The van der Waals surface area contributed by atoms with Gasteiger partial charge in [-0.15, -0.1) is 0 Å². The highest BCUT2D eigenvalue weighted by Crippen LogP contribution is 2.34. The van der Waals surface area contributed by atoms with Crippen LogP contribution in [0, 0.1) is 0 Å². The molecule has 0 unspecified atom stereocenters. The Morgan fingerprint density at radius 1 is 1.14 bits per heavy atom. The van der Waals surface area contributed by atoms with Gasteiger partial charge in [0.2, 0.25) is 0 Å². The Kier molecular flexibility index (Phi) is 5.86. The molecular weight excluding hydrogens is 400 g/mol. The monoisotopic (exact) mass is 416 g/mol. The number of ether oxygens (including phenoxy) is 2. The number of phenolic OH excluding ortho intramolecular Hbond substituents is 1. The van der Waals surface area contributed by atoms with Crippen molar-refractivity contribution in [3.05, 3.63) is 58.5 Å². The number of nitrogens with one attached hydrogen (secondary N) is 1. The molecule has 1 aliphatic rings. The van der Waals surface area contributed by atoms with E-state index in [9.17, 15) is 14.7 Å². The van der Waals surface area contributed by atoms with Crippen LogP contribution in [0.3, 0.4) is 0 Å². The number of hydrazine groups is 1. The Balaban J connectivity index is 1.78. The second kappa shape index (κ2) is 8.32. The summed E-state index contributed by atoms with van der Waals surface area (Å²) in [5.41, 5.74) is 3.50. The summed E-state index contributed by atoms with van der Waals surface area (Å²) in [6.07, 6.45) is 1.66. The van der Waals surface area contributed by atoms with Crippen LogP contribution < -0.4 is 14.9 Å². The maximum atomic E-state index is 12.7. The van der Waals surface area contributed by atoms with Gasteiger partial charge < -0.3 is 14.6 Å². The number of benzene rings is 2. The molecule has 1 saturated heterocycles. The normalized spacial score (nSPS) is 15.1. The predicted octanol–water partition coefficient (Wildman–Crippen LogP) is 2.96. The summed E-state index contributed by atoms with van der Waals surface area (Å²) in [6, 6.07) is 10.9. The van der Waals surface area contributed by atoms with Crippen molar-refractivity contribution in [2.45, 2.75) is 0 Å². The fourth-order valence-electron chi connectivity index (χ4n) is 2.44. The van der Waals surface area contributed by atoms with Crippen molar-refractivity contribution in [3.63, 3.8) is 0 Å². The lowest BCUT2D eigenvalue weighted by atomic mass is 10.2. The van der Waals surface area contributed by atoms with Gasteiger partial charge in [-0.05, 0) is 60.3 Å². The topological polar surface area (TPSA) is 88.1 Å². The van der Waals surface area contributed by atoms with Crippen molar-refractivity contribution in [2.75, 3.05) is 14.2 Å². The SMILES string of the molecule is COc1ccc(C=C2SC(=S)N(NC(=O)c3ccc(O)cc3)C2=O)cc1OC. The standard InChI is InChI=1S/C19H16N2O5S2/c1-25-14-8-3-11(9-15(14)26-2)10-16-18(24)21(19(27)28-16)20-17(23)12-4-6-13(22)7-5-12/h3-10,22H,1-2H3,(H,20,23). The van der Waals surface area contributed by atoms with Gasteiger partial charge in [-0.3, -0.25) is 15.0 Å². The molecule has 2 aromatic rings. The number of methoxy groups -OCH3 is 2. The molecule has 0 spiro atoms. The number of hydrogen-bond donors (Lipinski definition) is 2. The number of nitrogens with zero attached hydrogens (tertiary/aromatic N) is 1. The molecule has 0 bridgehead atoms. The fourth-order valence-corrected chi connectivity index (χ4v) is 3.62. The van der Waals surface area contributed by atoms with Gasteiger partial charge in [0.05, 0.1) is 19.1 Å². The molecule has 2 amide bonds. The lowest BCUT2D eigenvalue weighted by molar-refractivity contribution is -0.123. The lowest BCUT2D eigenvalue weighted by Gasteiger charge is -2.15. The molecule has 0 atom stereocenters. The Labute approximate surface area is 170 Å².